The monoisotopic (exact) mass is 494 g/mol. The molecule has 0 spiro atoms. The third kappa shape index (κ3) is 6.23. The lowest BCUT2D eigenvalue weighted by molar-refractivity contribution is 0.00578. The lowest BCUT2D eigenvalue weighted by Crippen LogP contribution is -2.41. The van der Waals surface area contributed by atoms with Gasteiger partial charge in [0.05, 0.1) is 22.4 Å². The van der Waals surface area contributed by atoms with Crippen molar-refractivity contribution in [3.05, 3.63) is 10.9 Å². The molecular weight excluding hydrogens is 442 g/mol. The molecule has 0 N–H and O–H groups in total. The molecule has 0 saturated carbocycles. The highest BCUT2D eigenvalue weighted by Gasteiger charge is 2.56. The predicted molar refractivity (Wildman–Crippen MR) is 146 cm³/mol. The maximum atomic E-state index is 6.60. The second-order valence-corrected chi connectivity index (χ2v) is 18.5. The number of allylic oxidation sites excluding steroid dienone is 1. The SMILES string of the molecule is CCCC/C(B1OC(C)(C)C(C)(C)O1)=C(/CCO[Si](C)(C)C(C)(C)C)B1OC(C)(C)C(C)(C)O1. The van der Waals surface area contributed by atoms with Gasteiger partial charge in [-0.1, -0.05) is 40.5 Å². The van der Waals surface area contributed by atoms with E-state index in [2.05, 4.69) is 96.2 Å². The van der Waals surface area contributed by atoms with Gasteiger partial charge >= 0.3 is 14.2 Å². The van der Waals surface area contributed by atoms with E-state index in [1.807, 2.05) is 0 Å². The molecule has 0 aromatic carbocycles. The first-order valence-electron chi connectivity index (χ1n) is 13.2. The first kappa shape index (κ1) is 30.1. The molecule has 2 heterocycles. The van der Waals surface area contributed by atoms with E-state index in [0.29, 0.717) is 6.61 Å². The van der Waals surface area contributed by atoms with Gasteiger partial charge in [0.15, 0.2) is 8.32 Å². The molecule has 0 aromatic heterocycles. The fourth-order valence-electron chi connectivity index (χ4n) is 3.83. The van der Waals surface area contributed by atoms with E-state index in [0.717, 1.165) is 36.6 Å². The van der Waals surface area contributed by atoms with Crippen molar-refractivity contribution < 1.29 is 23.0 Å². The number of hydrogen-bond donors (Lipinski definition) is 0. The van der Waals surface area contributed by atoms with E-state index in [1.165, 1.54) is 0 Å². The molecule has 2 aliphatic rings. The normalized spacial score (nSPS) is 24.5. The quantitative estimate of drug-likeness (QED) is 0.319. The average molecular weight is 494 g/mol. The maximum absolute atomic E-state index is 6.60. The molecule has 0 aromatic rings. The molecule has 0 bridgehead atoms. The van der Waals surface area contributed by atoms with Crippen molar-refractivity contribution in [1.29, 1.82) is 0 Å². The molecular formula is C26H52B2O5Si. The van der Waals surface area contributed by atoms with E-state index < -0.39 is 45.0 Å². The Morgan fingerprint density at radius 2 is 1.06 bits per heavy atom. The van der Waals surface area contributed by atoms with Crippen molar-refractivity contribution in [2.45, 2.75) is 149 Å². The Balaban J connectivity index is 2.47. The van der Waals surface area contributed by atoms with Crippen molar-refractivity contribution in [2.24, 2.45) is 0 Å². The molecule has 8 heteroatoms. The first-order valence-corrected chi connectivity index (χ1v) is 16.2. The molecule has 2 rings (SSSR count). The smallest absolute Gasteiger partial charge is 0.417 e. The van der Waals surface area contributed by atoms with Crippen LogP contribution in [0.2, 0.25) is 18.1 Å². The topological polar surface area (TPSA) is 46.2 Å². The van der Waals surface area contributed by atoms with Gasteiger partial charge in [0.2, 0.25) is 0 Å². The summed E-state index contributed by atoms with van der Waals surface area (Å²) in [5.74, 6) is 0. The van der Waals surface area contributed by atoms with Crippen molar-refractivity contribution in [1.82, 2.24) is 0 Å². The summed E-state index contributed by atoms with van der Waals surface area (Å²) in [4.78, 5) is 0. The van der Waals surface area contributed by atoms with E-state index >= 15 is 0 Å². The zero-order valence-electron chi connectivity index (χ0n) is 24.7. The van der Waals surface area contributed by atoms with Crippen LogP contribution in [0.15, 0.2) is 10.9 Å². The van der Waals surface area contributed by atoms with Crippen LogP contribution >= 0.6 is 0 Å². The molecule has 196 valence electrons. The van der Waals surface area contributed by atoms with Gasteiger partial charge in [-0.25, -0.2) is 0 Å². The highest BCUT2D eigenvalue weighted by molar-refractivity contribution is 6.74. The van der Waals surface area contributed by atoms with Gasteiger partial charge < -0.3 is 23.0 Å². The molecule has 0 unspecified atom stereocenters. The lowest BCUT2D eigenvalue weighted by atomic mass is 9.62. The molecule has 2 aliphatic heterocycles. The van der Waals surface area contributed by atoms with Crippen LogP contribution in [0.25, 0.3) is 0 Å². The highest BCUT2D eigenvalue weighted by Crippen LogP contribution is 2.44. The van der Waals surface area contributed by atoms with Crippen molar-refractivity contribution in [3.63, 3.8) is 0 Å². The molecule has 0 aliphatic carbocycles. The first-order chi connectivity index (χ1) is 15.2. The Morgan fingerprint density at radius 1 is 0.706 bits per heavy atom. The van der Waals surface area contributed by atoms with Crippen LogP contribution in [0.5, 0.6) is 0 Å². The molecule has 0 radical (unpaired) electrons. The van der Waals surface area contributed by atoms with Gasteiger partial charge in [0.1, 0.15) is 0 Å². The lowest BCUT2D eigenvalue weighted by Gasteiger charge is -2.36. The van der Waals surface area contributed by atoms with Crippen molar-refractivity contribution in [3.8, 4) is 0 Å². The van der Waals surface area contributed by atoms with E-state index in [1.54, 1.807) is 0 Å². The Labute approximate surface area is 212 Å². The van der Waals surface area contributed by atoms with Gasteiger partial charge in [0, 0.05) is 6.61 Å². The predicted octanol–water partition coefficient (Wildman–Crippen LogP) is 7.15. The number of hydrogen-bond acceptors (Lipinski definition) is 5. The summed E-state index contributed by atoms with van der Waals surface area (Å²) in [7, 11) is -2.71. The minimum Gasteiger partial charge on any atom is -0.417 e. The summed E-state index contributed by atoms with van der Waals surface area (Å²) < 4.78 is 32.8. The number of unbranched alkanes of at least 4 members (excludes halogenated alkanes) is 1. The molecule has 34 heavy (non-hydrogen) atoms. The Hall–Kier alpha value is -0.113. The van der Waals surface area contributed by atoms with Crippen LogP contribution in [0.4, 0.5) is 0 Å². The van der Waals surface area contributed by atoms with Crippen LogP contribution < -0.4 is 0 Å². The highest BCUT2D eigenvalue weighted by atomic mass is 28.4. The van der Waals surface area contributed by atoms with Crippen LogP contribution in [0, 0.1) is 0 Å². The van der Waals surface area contributed by atoms with Gasteiger partial charge in [-0.05, 0) is 97.3 Å². The third-order valence-electron chi connectivity index (χ3n) is 8.93. The maximum Gasteiger partial charge on any atom is 0.489 e. The standard InChI is InChI=1S/C26H52B2O5Si/c1-15-16-17-20(27-30-23(5,6)24(7,8)31-27)21(18-19-29-34(13,14)22(2,3)4)28-32-25(9,10)26(11,12)33-28/h15-19H2,1-14H3/b21-20+. The van der Waals surface area contributed by atoms with Crippen LogP contribution in [-0.2, 0) is 23.0 Å². The van der Waals surface area contributed by atoms with E-state index in [9.17, 15) is 0 Å². The zero-order chi connectivity index (χ0) is 26.4. The van der Waals surface area contributed by atoms with Crippen molar-refractivity contribution >= 4 is 22.6 Å². The molecule has 5 nitrogen and oxygen atoms in total. The Bertz CT molecular complexity index is 721. The summed E-state index contributed by atoms with van der Waals surface area (Å²) in [5.41, 5.74) is 0.688. The summed E-state index contributed by atoms with van der Waals surface area (Å²) in [6.07, 6.45) is 3.80. The van der Waals surface area contributed by atoms with E-state index in [4.69, 9.17) is 23.0 Å². The van der Waals surface area contributed by atoms with Gasteiger partial charge in [-0.15, -0.1) is 0 Å². The summed E-state index contributed by atoms with van der Waals surface area (Å²) in [6, 6.07) is 0. The zero-order valence-corrected chi connectivity index (χ0v) is 25.7. The van der Waals surface area contributed by atoms with E-state index in [-0.39, 0.29) is 5.04 Å². The summed E-state index contributed by atoms with van der Waals surface area (Å²) in [5, 5.41) is 0.165. The third-order valence-corrected chi connectivity index (χ3v) is 13.5. The molecule has 2 fully saturated rings. The van der Waals surface area contributed by atoms with Crippen LogP contribution in [-0.4, -0.2) is 51.6 Å². The van der Waals surface area contributed by atoms with Crippen LogP contribution in [0.1, 0.15) is 109 Å². The molecule has 0 atom stereocenters. The number of rotatable bonds is 9. The van der Waals surface area contributed by atoms with Crippen LogP contribution in [0.3, 0.4) is 0 Å². The van der Waals surface area contributed by atoms with Gasteiger partial charge in [-0.3, -0.25) is 0 Å². The second kappa shape index (κ2) is 9.98. The largest absolute Gasteiger partial charge is 0.489 e. The fourth-order valence-corrected chi connectivity index (χ4v) is 4.88. The summed E-state index contributed by atoms with van der Waals surface area (Å²) >= 11 is 0. The van der Waals surface area contributed by atoms with Crippen molar-refractivity contribution in [2.75, 3.05) is 6.61 Å². The molecule has 0 amide bonds. The average Bonchev–Trinajstić information content (AvgIpc) is 2.98. The van der Waals surface area contributed by atoms with Gasteiger partial charge in [-0.2, -0.15) is 0 Å². The fraction of sp³-hybridized carbons (Fsp3) is 0.923. The van der Waals surface area contributed by atoms with Gasteiger partial charge in [0.25, 0.3) is 0 Å². The minimum atomic E-state index is -1.87. The minimum absolute atomic E-state index is 0.165. The summed E-state index contributed by atoms with van der Waals surface area (Å²) in [6.45, 7) is 31.2. The second-order valence-electron chi connectivity index (χ2n) is 13.7. The molecule has 2 saturated heterocycles. The Kier molecular flexibility index (Phi) is 8.84. The Morgan fingerprint density at radius 3 is 1.38 bits per heavy atom.